The number of carbonyl (C=O) groups excluding carboxylic acids is 1. The van der Waals surface area contributed by atoms with Gasteiger partial charge in [-0.05, 0) is 34.5 Å². The lowest BCUT2D eigenvalue weighted by atomic mass is 10.0. The summed E-state index contributed by atoms with van der Waals surface area (Å²) in [6.07, 6.45) is -0.741. The smallest absolute Gasteiger partial charge is 0.252 e. The van der Waals surface area contributed by atoms with Crippen molar-refractivity contribution in [2.75, 3.05) is 25.5 Å². The summed E-state index contributed by atoms with van der Waals surface area (Å²) in [4.78, 5) is 14.5. The Morgan fingerprint density at radius 1 is 1.00 bits per heavy atom. The third-order valence-corrected chi connectivity index (χ3v) is 4.28. The van der Waals surface area contributed by atoms with Crippen LogP contribution in [0.1, 0.15) is 22.0 Å². The number of fused-ring (bicyclic) bond motifs is 1. The van der Waals surface area contributed by atoms with Gasteiger partial charge in [0.25, 0.3) is 5.91 Å². The Kier molecular flexibility index (Phi) is 5.00. The molecule has 0 fully saturated rings. The second kappa shape index (κ2) is 7.36. The summed E-state index contributed by atoms with van der Waals surface area (Å²) in [5.41, 5.74) is 2.47. The molecule has 3 rings (SSSR count). The minimum absolute atomic E-state index is 0.170. The first-order valence-electron chi connectivity index (χ1n) is 8.27. The molecule has 0 radical (unpaired) electrons. The standard InChI is InChI=1S/C21H22N2O2/c1-23(2)17-12-10-16(11-13-17)20(24)14-22-21(25)19-9-5-7-15-6-3-4-8-18(15)19/h3-13,20,24H,14H2,1-2H3,(H,22,25). The third-order valence-electron chi connectivity index (χ3n) is 4.28. The van der Waals surface area contributed by atoms with Crippen LogP contribution >= 0.6 is 0 Å². The average molecular weight is 334 g/mol. The summed E-state index contributed by atoms with van der Waals surface area (Å²) in [7, 11) is 3.94. The lowest BCUT2D eigenvalue weighted by Crippen LogP contribution is -2.28. The predicted octanol–water partition coefficient (Wildman–Crippen LogP) is 3.37. The highest BCUT2D eigenvalue weighted by Crippen LogP contribution is 2.20. The number of aliphatic hydroxyl groups excluding tert-OH is 1. The van der Waals surface area contributed by atoms with E-state index in [0.717, 1.165) is 22.0 Å². The van der Waals surface area contributed by atoms with Crippen molar-refractivity contribution < 1.29 is 9.90 Å². The first-order valence-corrected chi connectivity index (χ1v) is 8.27. The van der Waals surface area contributed by atoms with Crippen LogP contribution in [0.2, 0.25) is 0 Å². The second-order valence-electron chi connectivity index (χ2n) is 6.24. The van der Waals surface area contributed by atoms with Crippen molar-refractivity contribution in [3.8, 4) is 0 Å². The van der Waals surface area contributed by atoms with E-state index in [9.17, 15) is 9.90 Å². The van der Waals surface area contributed by atoms with Gasteiger partial charge in [-0.1, -0.05) is 48.5 Å². The number of amides is 1. The predicted molar refractivity (Wildman–Crippen MR) is 102 cm³/mol. The number of carbonyl (C=O) groups is 1. The van der Waals surface area contributed by atoms with E-state index in [4.69, 9.17) is 0 Å². The third kappa shape index (κ3) is 3.80. The van der Waals surface area contributed by atoms with Crippen molar-refractivity contribution in [3.05, 3.63) is 77.9 Å². The zero-order valence-corrected chi connectivity index (χ0v) is 14.4. The van der Waals surface area contributed by atoms with Crippen LogP contribution in [-0.2, 0) is 0 Å². The monoisotopic (exact) mass is 334 g/mol. The van der Waals surface area contributed by atoms with Gasteiger partial charge in [0.1, 0.15) is 0 Å². The summed E-state index contributed by atoms with van der Waals surface area (Å²) >= 11 is 0. The zero-order valence-electron chi connectivity index (χ0n) is 14.4. The quantitative estimate of drug-likeness (QED) is 0.752. The Morgan fingerprint density at radius 2 is 1.68 bits per heavy atom. The lowest BCUT2D eigenvalue weighted by molar-refractivity contribution is 0.0918. The van der Waals surface area contributed by atoms with Crippen molar-refractivity contribution in [3.63, 3.8) is 0 Å². The molecule has 128 valence electrons. The van der Waals surface area contributed by atoms with Gasteiger partial charge in [0, 0.05) is 31.9 Å². The summed E-state index contributed by atoms with van der Waals surface area (Å²) < 4.78 is 0. The maximum atomic E-state index is 12.5. The first kappa shape index (κ1) is 17.0. The number of nitrogens with one attached hydrogen (secondary N) is 1. The molecule has 0 bridgehead atoms. The molecule has 4 nitrogen and oxygen atoms in total. The highest BCUT2D eigenvalue weighted by Gasteiger charge is 2.13. The van der Waals surface area contributed by atoms with E-state index >= 15 is 0 Å². The number of aliphatic hydroxyl groups is 1. The Labute approximate surface area is 147 Å². The molecule has 25 heavy (non-hydrogen) atoms. The van der Waals surface area contributed by atoms with Gasteiger partial charge >= 0.3 is 0 Å². The number of nitrogens with zero attached hydrogens (tertiary/aromatic N) is 1. The largest absolute Gasteiger partial charge is 0.387 e. The van der Waals surface area contributed by atoms with E-state index in [-0.39, 0.29) is 12.5 Å². The first-order chi connectivity index (χ1) is 12.1. The molecule has 0 saturated carbocycles. The highest BCUT2D eigenvalue weighted by molar-refractivity contribution is 6.07. The molecule has 1 atom stereocenters. The molecule has 0 aromatic heterocycles. The fourth-order valence-electron chi connectivity index (χ4n) is 2.82. The van der Waals surface area contributed by atoms with Crippen LogP contribution in [0, 0.1) is 0 Å². The number of rotatable bonds is 5. The van der Waals surface area contributed by atoms with Crippen LogP contribution in [0.3, 0.4) is 0 Å². The topological polar surface area (TPSA) is 52.6 Å². The molecule has 2 N–H and O–H groups in total. The van der Waals surface area contributed by atoms with Gasteiger partial charge in [-0.3, -0.25) is 4.79 Å². The normalized spacial score (nSPS) is 12.0. The second-order valence-corrected chi connectivity index (χ2v) is 6.24. The maximum Gasteiger partial charge on any atom is 0.252 e. The maximum absolute atomic E-state index is 12.5. The van der Waals surface area contributed by atoms with E-state index in [1.54, 1.807) is 6.07 Å². The van der Waals surface area contributed by atoms with Crippen LogP contribution < -0.4 is 10.2 Å². The number of benzene rings is 3. The molecule has 0 heterocycles. The van der Waals surface area contributed by atoms with Gasteiger partial charge in [-0.2, -0.15) is 0 Å². The molecule has 0 saturated heterocycles. The van der Waals surface area contributed by atoms with Crippen molar-refractivity contribution in [2.24, 2.45) is 0 Å². The molecule has 0 spiro atoms. The molecule has 0 aliphatic heterocycles. The molecule has 1 amide bonds. The Morgan fingerprint density at radius 3 is 2.40 bits per heavy atom. The van der Waals surface area contributed by atoms with E-state index in [1.807, 2.05) is 79.7 Å². The fourth-order valence-corrected chi connectivity index (χ4v) is 2.82. The Bertz CT molecular complexity index is 867. The fraction of sp³-hybridized carbons (Fsp3) is 0.190. The van der Waals surface area contributed by atoms with Crippen LogP contribution in [0.4, 0.5) is 5.69 Å². The summed E-state index contributed by atoms with van der Waals surface area (Å²) in [6.45, 7) is 0.170. The average Bonchev–Trinajstić information content (AvgIpc) is 2.65. The van der Waals surface area contributed by atoms with Crippen molar-refractivity contribution in [1.29, 1.82) is 0 Å². The molecule has 0 aliphatic carbocycles. The zero-order chi connectivity index (χ0) is 17.8. The van der Waals surface area contributed by atoms with E-state index < -0.39 is 6.10 Å². The van der Waals surface area contributed by atoms with Crippen LogP contribution in [0.15, 0.2) is 66.7 Å². The minimum atomic E-state index is -0.741. The van der Waals surface area contributed by atoms with E-state index in [2.05, 4.69) is 5.32 Å². The van der Waals surface area contributed by atoms with Crippen molar-refractivity contribution in [1.82, 2.24) is 5.32 Å². The highest BCUT2D eigenvalue weighted by atomic mass is 16.3. The van der Waals surface area contributed by atoms with Gasteiger partial charge < -0.3 is 15.3 Å². The molecular formula is C21H22N2O2. The van der Waals surface area contributed by atoms with E-state index in [1.165, 1.54) is 0 Å². The number of hydrogen-bond acceptors (Lipinski definition) is 3. The summed E-state index contributed by atoms with van der Waals surface area (Å²) in [6, 6.07) is 21.1. The van der Waals surface area contributed by atoms with Crippen molar-refractivity contribution in [2.45, 2.75) is 6.10 Å². The van der Waals surface area contributed by atoms with Gasteiger partial charge in [-0.15, -0.1) is 0 Å². The number of anilines is 1. The Balaban J connectivity index is 1.69. The number of hydrogen-bond donors (Lipinski definition) is 2. The summed E-state index contributed by atoms with van der Waals surface area (Å²) in [5.74, 6) is -0.180. The van der Waals surface area contributed by atoms with Crippen LogP contribution in [-0.4, -0.2) is 31.7 Å². The van der Waals surface area contributed by atoms with E-state index in [0.29, 0.717) is 5.56 Å². The molecule has 3 aromatic carbocycles. The van der Waals surface area contributed by atoms with Crippen molar-refractivity contribution >= 4 is 22.4 Å². The van der Waals surface area contributed by atoms with Crippen LogP contribution in [0.25, 0.3) is 10.8 Å². The van der Waals surface area contributed by atoms with Gasteiger partial charge in [-0.25, -0.2) is 0 Å². The molecule has 4 heteroatoms. The lowest BCUT2D eigenvalue weighted by Gasteiger charge is -2.16. The molecule has 0 aliphatic rings. The minimum Gasteiger partial charge on any atom is -0.387 e. The van der Waals surface area contributed by atoms with Crippen LogP contribution in [0.5, 0.6) is 0 Å². The molecule has 1 unspecified atom stereocenters. The van der Waals surface area contributed by atoms with Gasteiger partial charge in [0.05, 0.1) is 6.10 Å². The molecular weight excluding hydrogens is 312 g/mol. The molecule has 3 aromatic rings. The SMILES string of the molecule is CN(C)c1ccc(C(O)CNC(=O)c2cccc3ccccc23)cc1. The summed E-state index contributed by atoms with van der Waals surface area (Å²) in [5, 5.41) is 15.1. The van der Waals surface area contributed by atoms with Gasteiger partial charge in [0.15, 0.2) is 0 Å². The Hall–Kier alpha value is -2.85. The van der Waals surface area contributed by atoms with Gasteiger partial charge in [0.2, 0.25) is 0 Å².